The molecular weight excluding hydrogens is 425 g/mol. The van der Waals surface area contributed by atoms with E-state index in [0.717, 1.165) is 28.7 Å². The molecule has 0 unspecified atom stereocenters. The van der Waals surface area contributed by atoms with Gasteiger partial charge in [-0.25, -0.2) is 8.42 Å². The Hall–Kier alpha value is -2.99. The predicted octanol–water partition coefficient (Wildman–Crippen LogP) is 4.09. The van der Waals surface area contributed by atoms with Gasteiger partial charge < -0.3 is 0 Å². The minimum Gasteiger partial charge on any atom is -0.272 e. The van der Waals surface area contributed by atoms with E-state index in [2.05, 4.69) is 10.5 Å². The summed E-state index contributed by atoms with van der Waals surface area (Å²) < 4.78 is 65.3. The van der Waals surface area contributed by atoms with Gasteiger partial charge in [-0.15, -0.1) is 0 Å². The van der Waals surface area contributed by atoms with Crippen molar-refractivity contribution in [2.24, 2.45) is 5.10 Å². The van der Waals surface area contributed by atoms with Crippen molar-refractivity contribution in [2.75, 3.05) is 18.5 Å². The summed E-state index contributed by atoms with van der Waals surface area (Å²) in [4.78, 5) is 10.3. The molecule has 0 saturated heterocycles. The molecule has 0 aliphatic heterocycles. The minimum atomic E-state index is -4.59. The van der Waals surface area contributed by atoms with E-state index in [1.54, 1.807) is 13.8 Å². The van der Waals surface area contributed by atoms with Crippen molar-refractivity contribution in [2.45, 2.75) is 24.9 Å². The van der Waals surface area contributed by atoms with Gasteiger partial charge in [0, 0.05) is 24.7 Å². The summed E-state index contributed by atoms with van der Waals surface area (Å²) in [5, 5.41) is 15.0. The topological polar surface area (TPSA) is 105 Å². The second-order valence-electron chi connectivity index (χ2n) is 5.98. The lowest BCUT2D eigenvalue weighted by Gasteiger charge is -2.18. The SMILES string of the molecule is CCN(CC)S(=O)(=O)c1ccc(NN=Cc2ccccc2C(F)(F)F)c([N+](=O)[O-])c1. The van der Waals surface area contributed by atoms with E-state index in [1.807, 2.05) is 0 Å². The first kappa shape index (κ1) is 23.3. The Morgan fingerprint density at radius 1 is 1.17 bits per heavy atom. The molecule has 2 aromatic rings. The maximum atomic E-state index is 13.0. The van der Waals surface area contributed by atoms with E-state index in [-0.39, 0.29) is 29.2 Å². The molecule has 0 saturated carbocycles. The van der Waals surface area contributed by atoms with E-state index in [9.17, 15) is 31.7 Å². The summed E-state index contributed by atoms with van der Waals surface area (Å²) in [6.45, 7) is 3.66. The van der Waals surface area contributed by atoms with Crippen LogP contribution in [0.15, 0.2) is 52.5 Å². The molecule has 0 aliphatic carbocycles. The summed E-state index contributed by atoms with van der Waals surface area (Å²) in [6.07, 6.45) is -3.71. The standard InChI is InChI=1S/C18H19F3N4O4S/c1-3-24(4-2)30(28,29)14-9-10-16(17(11-14)25(26)27)23-22-12-13-7-5-6-8-15(13)18(19,20)21/h5-12,23H,3-4H2,1-2H3. The van der Waals surface area contributed by atoms with E-state index < -0.39 is 32.4 Å². The largest absolute Gasteiger partial charge is 0.417 e. The minimum absolute atomic E-state index is 0.167. The lowest BCUT2D eigenvalue weighted by molar-refractivity contribution is -0.384. The number of hydrogen-bond acceptors (Lipinski definition) is 6. The van der Waals surface area contributed by atoms with Gasteiger partial charge in [0.25, 0.3) is 5.69 Å². The number of sulfonamides is 1. The van der Waals surface area contributed by atoms with Gasteiger partial charge >= 0.3 is 6.18 Å². The first-order valence-corrected chi connectivity index (χ1v) is 10.2. The fourth-order valence-corrected chi connectivity index (χ4v) is 4.15. The van der Waals surface area contributed by atoms with Crippen LogP contribution in [0.5, 0.6) is 0 Å². The van der Waals surface area contributed by atoms with Crippen LogP contribution < -0.4 is 5.43 Å². The number of alkyl halides is 3. The fourth-order valence-electron chi connectivity index (χ4n) is 2.67. The first-order chi connectivity index (χ1) is 14.0. The molecule has 0 amide bonds. The van der Waals surface area contributed by atoms with E-state index in [0.29, 0.717) is 0 Å². The van der Waals surface area contributed by atoms with Crippen molar-refractivity contribution >= 4 is 27.6 Å². The molecule has 0 aromatic heterocycles. The third-order valence-electron chi connectivity index (χ3n) is 4.16. The van der Waals surface area contributed by atoms with Crippen LogP contribution in [0.25, 0.3) is 0 Å². The molecule has 162 valence electrons. The number of hydrazone groups is 1. The molecule has 0 atom stereocenters. The van der Waals surface area contributed by atoms with Crippen LogP contribution in [-0.4, -0.2) is 37.0 Å². The summed E-state index contributed by atoms with van der Waals surface area (Å²) in [7, 11) is -3.92. The summed E-state index contributed by atoms with van der Waals surface area (Å²) in [5.74, 6) is 0. The van der Waals surface area contributed by atoms with E-state index >= 15 is 0 Å². The zero-order valence-corrected chi connectivity index (χ0v) is 16.9. The Kier molecular flexibility index (Phi) is 7.16. The molecule has 1 N–H and O–H groups in total. The quantitative estimate of drug-likeness (QED) is 0.375. The van der Waals surface area contributed by atoms with Gasteiger partial charge in [0.2, 0.25) is 10.0 Å². The number of benzene rings is 2. The average molecular weight is 444 g/mol. The van der Waals surface area contributed by atoms with Crippen molar-refractivity contribution in [3.05, 3.63) is 63.7 Å². The van der Waals surface area contributed by atoms with Crippen molar-refractivity contribution < 1.29 is 26.5 Å². The van der Waals surface area contributed by atoms with Gasteiger partial charge in [-0.1, -0.05) is 32.0 Å². The Labute approximate surface area is 171 Å². The molecule has 0 bridgehead atoms. The van der Waals surface area contributed by atoms with Gasteiger partial charge in [0.05, 0.1) is 21.6 Å². The second-order valence-corrected chi connectivity index (χ2v) is 7.92. The number of anilines is 1. The number of hydrogen-bond donors (Lipinski definition) is 1. The highest BCUT2D eigenvalue weighted by Crippen LogP contribution is 2.32. The van der Waals surface area contributed by atoms with E-state index in [4.69, 9.17) is 0 Å². The van der Waals surface area contributed by atoms with E-state index in [1.165, 1.54) is 24.3 Å². The summed E-state index contributed by atoms with van der Waals surface area (Å²) >= 11 is 0. The molecule has 0 spiro atoms. The van der Waals surface area contributed by atoms with Crippen LogP contribution in [0.2, 0.25) is 0 Å². The van der Waals surface area contributed by atoms with Gasteiger partial charge in [-0.05, 0) is 18.2 Å². The highest BCUT2D eigenvalue weighted by atomic mass is 32.2. The molecule has 0 radical (unpaired) electrons. The molecule has 2 rings (SSSR count). The molecular formula is C18H19F3N4O4S. The maximum absolute atomic E-state index is 13.0. The fraction of sp³-hybridized carbons (Fsp3) is 0.278. The van der Waals surface area contributed by atoms with Gasteiger partial charge in [0.15, 0.2) is 0 Å². The Morgan fingerprint density at radius 2 is 1.80 bits per heavy atom. The Bertz CT molecular complexity index is 1050. The summed E-state index contributed by atoms with van der Waals surface area (Å²) in [6, 6.07) is 7.90. The molecule has 0 aliphatic rings. The normalized spacial score (nSPS) is 12.5. The summed E-state index contributed by atoms with van der Waals surface area (Å²) in [5.41, 5.74) is 0.416. The number of nitro groups is 1. The lowest BCUT2D eigenvalue weighted by Crippen LogP contribution is -2.30. The number of halogens is 3. The van der Waals surface area contributed by atoms with Crippen LogP contribution >= 0.6 is 0 Å². The molecule has 2 aromatic carbocycles. The number of nitrogens with zero attached hydrogens (tertiary/aromatic N) is 3. The predicted molar refractivity (Wildman–Crippen MR) is 106 cm³/mol. The molecule has 12 heteroatoms. The molecule has 8 nitrogen and oxygen atoms in total. The maximum Gasteiger partial charge on any atom is 0.417 e. The zero-order valence-electron chi connectivity index (χ0n) is 16.0. The smallest absolute Gasteiger partial charge is 0.272 e. The van der Waals surface area contributed by atoms with Gasteiger partial charge in [0.1, 0.15) is 5.69 Å². The van der Waals surface area contributed by atoms with Crippen molar-refractivity contribution in [1.82, 2.24) is 4.31 Å². The van der Waals surface area contributed by atoms with Crippen LogP contribution in [0.4, 0.5) is 24.5 Å². The van der Waals surface area contributed by atoms with Crippen molar-refractivity contribution in [3.8, 4) is 0 Å². The first-order valence-electron chi connectivity index (χ1n) is 8.76. The molecule has 0 fully saturated rings. The van der Waals surface area contributed by atoms with Gasteiger partial charge in [-0.3, -0.25) is 15.5 Å². The monoisotopic (exact) mass is 444 g/mol. The Balaban J connectivity index is 2.36. The highest BCUT2D eigenvalue weighted by molar-refractivity contribution is 7.89. The van der Waals surface area contributed by atoms with Crippen LogP contribution in [0, 0.1) is 10.1 Å². The average Bonchev–Trinajstić information content (AvgIpc) is 2.68. The van der Waals surface area contributed by atoms with Gasteiger partial charge in [-0.2, -0.15) is 22.6 Å². The lowest BCUT2D eigenvalue weighted by atomic mass is 10.1. The van der Waals surface area contributed by atoms with Crippen molar-refractivity contribution in [3.63, 3.8) is 0 Å². The zero-order chi connectivity index (χ0) is 22.5. The van der Waals surface area contributed by atoms with Crippen LogP contribution in [0.1, 0.15) is 25.0 Å². The number of nitrogens with one attached hydrogen (secondary N) is 1. The van der Waals surface area contributed by atoms with Crippen molar-refractivity contribution in [1.29, 1.82) is 0 Å². The number of rotatable bonds is 8. The third kappa shape index (κ3) is 5.13. The third-order valence-corrected chi connectivity index (χ3v) is 6.21. The number of nitro benzene ring substituents is 1. The molecule has 0 heterocycles. The highest BCUT2D eigenvalue weighted by Gasteiger charge is 2.32. The second kappa shape index (κ2) is 9.22. The Morgan fingerprint density at radius 3 is 2.37 bits per heavy atom. The van der Waals surface area contributed by atoms with Crippen LogP contribution in [-0.2, 0) is 16.2 Å². The molecule has 30 heavy (non-hydrogen) atoms. The van der Waals surface area contributed by atoms with Crippen LogP contribution in [0.3, 0.4) is 0 Å².